The van der Waals surface area contributed by atoms with E-state index < -0.39 is 11.9 Å². The summed E-state index contributed by atoms with van der Waals surface area (Å²) in [5, 5.41) is 8.57. The molecule has 80 valence electrons. The molecule has 0 aromatic heterocycles. The van der Waals surface area contributed by atoms with Crippen molar-refractivity contribution in [2.45, 2.75) is 33.1 Å². The van der Waals surface area contributed by atoms with Crippen LogP contribution in [-0.4, -0.2) is 35.0 Å². The highest BCUT2D eigenvalue weighted by Gasteiger charge is 2.38. The minimum Gasteiger partial charge on any atom is -0.474 e. The number of rotatable bonds is 2. The van der Waals surface area contributed by atoms with Crippen LogP contribution in [0.3, 0.4) is 0 Å². The molecule has 0 bridgehead atoms. The fourth-order valence-corrected chi connectivity index (χ4v) is 2.07. The van der Waals surface area contributed by atoms with Crippen LogP contribution in [0.4, 0.5) is 0 Å². The van der Waals surface area contributed by atoms with Gasteiger partial charge in [-0.3, -0.25) is 4.79 Å². The molecular weight excluding hydrogens is 182 g/mol. The summed E-state index contributed by atoms with van der Waals surface area (Å²) >= 11 is 0. The lowest BCUT2D eigenvalue weighted by atomic mass is 9.82. The van der Waals surface area contributed by atoms with Crippen molar-refractivity contribution in [2.24, 2.45) is 5.41 Å². The van der Waals surface area contributed by atoms with E-state index in [4.69, 9.17) is 5.11 Å². The van der Waals surface area contributed by atoms with Crippen molar-refractivity contribution >= 4 is 11.9 Å². The van der Waals surface area contributed by atoms with Gasteiger partial charge in [-0.25, -0.2) is 4.79 Å². The van der Waals surface area contributed by atoms with Crippen molar-refractivity contribution in [2.75, 3.05) is 13.1 Å². The van der Waals surface area contributed by atoms with Crippen LogP contribution in [0.1, 0.15) is 33.1 Å². The number of aliphatic carboxylic acids is 1. The van der Waals surface area contributed by atoms with Crippen LogP contribution in [0.5, 0.6) is 0 Å². The van der Waals surface area contributed by atoms with Crippen molar-refractivity contribution in [3.8, 4) is 0 Å². The standard InChI is InChI=1S/C10H17NO3/c1-3-10(4-2)5-6-11(7-10)8(12)9(13)14/h3-7H2,1-2H3,(H,13,14). The number of carbonyl (C=O) groups is 2. The highest BCUT2D eigenvalue weighted by atomic mass is 16.4. The lowest BCUT2D eigenvalue weighted by molar-refractivity contribution is -0.155. The minimum absolute atomic E-state index is 0.158. The van der Waals surface area contributed by atoms with E-state index in [-0.39, 0.29) is 5.41 Å². The van der Waals surface area contributed by atoms with E-state index in [9.17, 15) is 9.59 Å². The second-order valence-corrected chi connectivity index (χ2v) is 3.99. The summed E-state index contributed by atoms with van der Waals surface area (Å²) in [5.41, 5.74) is 0.158. The molecule has 1 aliphatic heterocycles. The van der Waals surface area contributed by atoms with Gasteiger partial charge in [-0.15, -0.1) is 0 Å². The molecule has 0 aliphatic carbocycles. The SMILES string of the molecule is CCC1(CC)CCN(C(=O)C(=O)O)C1. The number of carboxylic acids is 1. The summed E-state index contributed by atoms with van der Waals surface area (Å²) in [5.74, 6) is -2.10. The van der Waals surface area contributed by atoms with Gasteiger partial charge in [0.25, 0.3) is 0 Å². The summed E-state index contributed by atoms with van der Waals surface area (Å²) in [4.78, 5) is 23.1. The summed E-state index contributed by atoms with van der Waals surface area (Å²) in [7, 11) is 0. The monoisotopic (exact) mass is 199 g/mol. The smallest absolute Gasteiger partial charge is 0.394 e. The lowest BCUT2D eigenvalue weighted by Crippen LogP contribution is -2.36. The van der Waals surface area contributed by atoms with Crippen molar-refractivity contribution < 1.29 is 14.7 Å². The molecule has 1 N–H and O–H groups in total. The van der Waals surface area contributed by atoms with Gasteiger partial charge in [-0.2, -0.15) is 0 Å². The Bertz CT molecular complexity index is 246. The van der Waals surface area contributed by atoms with E-state index in [1.54, 1.807) is 0 Å². The summed E-state index contributed by atoms with van der Waals surface area (Å²) in [6.45, 7) is 5.38. The molecule has 14 heavy (non-hydrogen) atoms. The highest BCUT2D eigenvalue weighted by molar-refractivity contribution is 6.31. The van der Waals surface area contributed by atoms with Crippen LogP contribution in [0, 0.1) is 5.41 Å². The van der Waals surface area contributed by atoms with Crippen molar-refractivity contribution in [1.29, 1.82) is 0 Å². The molecular formula is C10H17NO3. The second kappa shape index (κ2) is 3.98. The number of likely N-dealkylation sites (tertiary alicyclic amines) is 1. The topological polar surface area (TPSA) is 57.6 Å². The first-order valence-electron chi connectivity index (χ1n) is 5.07. The first-order chi connectivity index (χ1) is 6.54. The largest absolute Gasteiger partial charge is 0.474 e. The number of carboxylic acid groups (broad SMARTS) is 1. The molecule has 1 saturated heterocycles. The Kier molecular flexibility index (Phi) is 3.13. The van der Waals surface area contributed by atoms with Crippen LogP contribution < -0.4 is 0 Å². The Hall–Kier alpha value is -1.06. The Morgan fingerprint density at radius 1 is 1.36 bits per heavy atom. The van der Waals surface area contributed by atoms with Gasteiger partial charge in [0, 0.05) is 13.1 Å². The first kappa shape index (κ1) is 11.0. The van der Waals surface area contributed by atoms with Gasteiger partial charge in [0.1, 0.15) is 0 Å². The van der Waals surface area contributed by atoms with E-state index in [0.29, 0.717) is 13.1 Å². The highest BCUT2D eigenvalue weighted by Crippen LogP contribution is 2.36. The van der Waals surface area contributed by atoms with E-state index in [1.165, 1.54) is 4.90 Å². The second-order valence-electron chi connectivity index (χ2n) is 3.99. The third-order valence-corrected chi connectivity index (χ3v) is 3.41. The lowest BCUT2D eigenvalue weighted by Gasteiger charge is -2.25. The van der Waals surface area contributed by atoms with Crippen LogP contribution in [-0.2, 0) is 9.59 Å². The molecule has 1 fully saturated rings. The van der Waals surface area contributed by atoms with Gasteiger partial charge < -0.3 is 10.0 Å². The van der Waals surface area contributed by atoms with E-state index >= 15 is 0 Å². The maximum atomic E-state index is 11.2. The molecule has 0 spiro atoms. The molecule has 0 saturated carbocycles. The molecule has 0 aromatic carbocycles. The molecule has 1 heterocycles. The summed E-state index contributed by atoms with van der Waals surface area (Å²) < 4.78 is 0. The van der Waals surface area contributed by atoms with E-state index in [0.717, 1.165) is 19.3 Å². The zero-order valence-electron chi connectivity index (χ0n) is 8.75. The zero-order valence-corrected chi connectivity index (χ0v) is 8.75. The van der Waals surface area contributed by atoms with Crippen LogP contribution in [0.15, 0.2) is 0 Å². The first-order valence-corrected chi connectivity index (χ1v) is 5.07. The van der Waals surface area contributed by atoms with Crippen LogP contribution in [0.2, 0.25) is 0 Å². The number of nitrogens with zero attached hydrogens (tertiary/aromatic N) is 1. The van der Waals surface area contributed by atoms with Gasteiger partial charge in [0.15, 0.2) is 0 Å². The molecule has 0 unspecified atom stereocenters. The maximum absolute atomic E-state index is 11.2. The normalized spacial score (nSPS) is 19.7. The van der Waals surface area contributed by atoms with Crippen LogP contribution in [0.25, 0.3) is 0 Å². The van der Waals surface area contributed by atoms with Crippen molar-refractivity contribution in [1.82, 2.24) is 4.90 Å². The van der Waals surface area contributed by atoms with Gasteiger partial charge in [-0.1, -0.05) is 13.8 Å². The van der Waals surface area contributed by atoms with Crippen LogP contribution >= 0.6 is 0 Å². The third kappa shape index (κ3) is 1.89. The summed E-state index contributed by atoms with van der Waals surface area (Å²) in [6.07, 6.45) is 2.94. The van der Waals surface area contributed by atoms with E-state index in [2.05, 4.69) is 13.8 Å². The number of amides is 1. The number of hydrogen-bond acceptors (Lipinski definition) is 2. The van der Waals surface area contributed by atoms with Gasteiger partial charge >= 0.3 is 11.9 Å². The molecule has 0 atom stereocenters. The number of carbonyl (C=O) groups excluding carboxylic acids is 1. The molecule has 4 nitrogen and oxygen atoms in total. The predicted octanol–water partition coefficient (Wildman–Crippen LogP) is 1.11. The molecule has 1 aliphatic rings. The molecule has 0 aromatic rings. The van der Waals surface area contributed by atoms with Gasteiger partial charge in [0.05, 0.1) is 0 Å². The average Bonchev–Trinajstić information content (AvgIpc) is 2.61. The Balaban J connectivity index is 2.64. The summed E-state index contributed by atoms with van der Waals surface area (Å²) in [6, 6.07) is 0. The van der Waals surface area contributed by atoms with Crippen molar-refractivity contribution in [3.05, 3.63) is 0 Å². The molecule has 1 amide bonds. The fraction of sp³-hybridized carbons (Fsp3) is 0.800. The van der Waals surface area contributed by atoms with Crippen molar-refractivity contribution in [3.63, 3.8) is 0 Å². The zero-order chi connectivity index (χ0) is 10.8. The molecule has 4 heteroatoms. The quantitative estimate of drug-likeness (QED) is 0.678. The Labute approximate surface area is 83.9 Å². The molecule has 0 radical (unpaired) electrons. The Morgan fingerprint density at radius 3 is 2.29 bits per heavy atom. The predicted molar refractivity (Wildman–Crippen MR) is 51.8 cm³/mol. The van der Waals surface area contributed by atoms with Gasteiger partial charge in [-0.05, 0) is 24.7 Å². The third-order valence-electron chi connectivity index (χ3n) is 3.41. The minimum atomic E-state index is -1.34. The molecule has 1 rings (SSSR count). The number of hydrogen-bond donors (Lipinski definition) is 1. The fourth-order valence-electron chi connectivity index (χ4n) is 2.07. The maximum Gasteiger partial charge on any atom is 0.394 e. The van der Waals surface area contributed by atoms with Gasteiger partial charge in [0.2, 0.25) is 0 Å². The average molecular weight is 199 g/mol. The van der Waals surface area contributed by atoms with E-state index in [1.807, 2.05) is 0 Å². The Morgan fingerprint density at radius 2 is 1.93 bits per heavy atom.